The molecule has 8 heteroatoms. The molecular weight excluding hydrogens is 486 g/mol. The topological polar surface area (TPSA) is 74.5 Å². The van der Waals surface area contributed by atoms with Crippen molar-refractivity contribution < 1.29 is 9.32 Å². The summed E-state index contributed by atoms with van der Waals surface area (Å²) < 4.78 is 5.48. The standard InChI is InChI=1S/C29H36ClN5O2/c1-21-11-14-34(15-12-21)18-23-9-7-22(8-10-23)17-31-29(36)25-5-3-13-35(19-25)20-27-32-28(33-37-27)24-4-2-6-26(30)16-24/h2,4,6-10,16,21,25H,3,5,11-15,17-20H2,1H3,(H,31,36). The van der Waals surface area contributed by atoms with Gasteiger partial charge in [0, 0.05) is 30.2 Å². The van der Waals surface area contributed by atoms with Crippen molar-refractivity contribution in [1.82, 2.24) is 25.3 Å². The summed E-state index contributed by atoms with van der Waals surface area (Å²) in [7, 11) is 0. The molecule has 37 heavy (non-hydrogen) atoms. The Morgan fingerprint density at radius 2 is 1.81 bits per heavy atom. The highest BCUT2D eigenvalue weighted by Crippen LogP contribution is 2.23. The van der Waals surface area contributed by atoms with Crippen molar-refractivity contribution in [2.45, 2.75) is 52.2 Å². The normalized spacial score (nSPS) is 19.7. The Bertz CT molecular complexity index is 1170. The number of nitrogens with one attached hydrogen (secondary N) is 1. The summed E-state index contributed by atoms with van der Waals surface area (Å²) in [5, 5.41) is 7.88. The van der Waals surface area contributed by atoms with Gasteiger partial charge < -0.3 is 9.84 Å². The molecule has 5 rings (SSSR count). The van der Waals surface area contributed by atoms with Gasteiger partial charge in [0.2, 0.25) is 17.6 Å². The van der Waals surface area contributed by atoms with E-state index in [1.165, 1.54) is 31.5 Å². The van der Waals surface area contributed by atoms with E-state index in [0.29, 0.717) is 36.4 Å². The minimum absolute atomic E-state index is 0.0372. The van der Waals surface area contributed by atoms with E-state index in [9.17, 15) is 4.79 Å². The number of benzene rings is 2. The smallest absolute Gasteiger partial charge is 0.241 e. The number of halogens is 1. The van der Waals surface area contributed by atoms with Gasteiger partial charge in [-0.1, -0.05) is 60.1 Å². The Morgan fingerprint density at radius 1 is 1.03 bits per heavy atom. The molecule has 2 aliphatic heterocycles. The summed E-state index contributed by atoms with van der Waals surface area (Å²) in [5.41, 5.74) is 3.30. The highest BCUT2D eigenvalue weighted by molar-refractivity contribution is 6.30. The van der Waals surface area contributed by atoms with Crippen LogP contribution in [0.1, 0.15) is 49.6 Å². The molecule has 2 aromatic carbocycles. The first-order valence-corrected chi connectivity index (χ1v) is 13.8. The lowest BCUT2D eigenvalue weighted by Gasteiger charge is -2.31. The van der Waals surface area contributed by atoms with E-state index in [1.807, 2.05) is 24.3 Å². The van der Waals surface area contributed by atoms with Crippen molar-refractivity contribution in [2.75, 3.05) is 26.2 Å². The second-order valence-corrected chi connectivity index (χ2v) is 11.0. The maximum atomic E-state index is 12.9. The Labute approximate surface area is 224 Å². The van der Waals surface area contributed by atoms with Gasteiger partial charge in [0.15, 0.2) is 0 Å². The first-order valence-electron chi connectivity index (χ1n) is 13.4. The molecule has 0 aliphatic carbocycles. The zero-order chi connectivity index (χ0) is 25.6. The molecule has 0 spiro atoms. The van der Waals surface area contributed by atoms with Gasteiger partial charge in [0.05, 0.1) is 12.5 Å². The summed E-state index contributed by atoms with van der Waals surface area (Å²) in [6.45, 7) is 8.43. The molecule has 7 nitrogen and oxygen atoms in total. The predicted octanol–water partition coefficient (Wildman–Crippen LogP) is 5.15. The van der Waals surface area contributed by atoms with Crippen LogP contribution in [0.25, 0.3) is 11.4 Å². The van der Waals surface area contributed by atoms with Crippen LogP contribution >= 0.6 is 11.6 Å². The number of carbonyl (C=O) groups is 1. The molecule has 196 valence electrons. The average Bonchev–Trinajstić information content (AvgIpc) is 3.38. The summed E-state index contributed by atoms with van der Waals surface area (Å²) in [5.74, 6) is 2.01. The van der Waals surface area contributed by atoms with E-state index in [1.54, 1.807) is 0 Å². The number of hydrogen-bond acceptors (Lipinski definition) is 6. The van der Waals surface area contributed by atoms with Crippen LogP contribution in [0.15, 0.2) is 53.1 Å². The van der Waals surface area contributed by atoms with E-state index >= 15 is 0 Å². The molecule has 1 amide bonds. The van der Waals surface area contributed by atoms with Gasteiger partial charge in [-0.15, -0.1) is 0 Å². The molecule has 1 aromatic heterocycles. The Kier molecular flexibility index (Phi) is 8.54. The number of nitrogens with zero attached hydrogens (tertiary/aromatic N) is 4. The van der Waals surface area contributed by atoms with E-state index in [0.717, 1.165) is 43.0 Å². The van der Waals surface area contributed by atoms with E-state index in [4.69, 9.17) is 16.1 Å². The van der Waals surface area contributed by atoms with Gasteiger partial charge >= 0.3 is 0 Å². The number of rotatable bonds is 8. The monoisotopic (exact) mass is 521 g/mol. The fourth-order valence-corrected chi connectivity index (χ4v) is 5.43. The quantitative estimate of drug-likeness (QED) is 0.442. The zero-order valence-electron chi connectivity index (χ0n) is 21.5. The van der Waals surface area contributed by atoms with E-state index in [-0.39, 0.29) is 11.8 Å². The van der Waals surface area contributed by atoms with Crippen LogP contribution in [-0.2, 0) is 24.4 Å². The van der Waals surface area contributed by atoms with Gasteiger partial charge in [-0.3, -0.25) is 14.6 Å². The van der Waals surface area contributed by atoms with Crippen molar-refractivity contribution in [1.29, 1.82) is 0 Å². The molecule has 2 aliphatic rings. The molecule has 1 atom stereocenters. The molecular formula is C29H36ClN5O2. The van der Waals surface area contributed by atoms with Gasteiger partial charge in [0.25, 0.3) is 0 Å². The first kappa shape index (κ1) is 25.9. The lowest BCUT2D eigenvalue weighted by molar-refractivity contribution is -0.127. The van der Waals surface area contributed by atoms with Gasteiger partial charge in [-0.05, 0) is 74.5 Å². The summed E-state index contributed by atoms with van der Waals surface area (Å²) in [4.78, 5) is 22.2. The molecule has 0 saturated carbocycles. The van der Waals surface area contributed by atoms with Crippen molar-refractivity contribution >= 4 is 17.5 Å². The third-order valence-electron chi connectivity index (χ3n) is 7.56. The minimum Gasteiger partial charge on any atom is -0.352 e. The van der Waals surface area contributed by atoms with Crippen LogP contribution in [0.2, 0.25) is 5.02 Å². The third kappa shape index (κ3) is 7.18. The second kappa shape index (κ2) is 12.2. The first-order chi connectivity index (χ1) is 18.0. The number of piperidine rings is 2. The minimum atomic E-state index is -0.0372. The summed E-state index contributed by atoms with van der Waals surface area (Å²) >= 11 is 6.08. The van der Waals surface area contributed by atoms with Crippen LogP contribution in [0.5, 0.6) is 0 Å². The van der Waals surface area contributed by atoms with Crippen molar-refractivity contribution in [3.05, 3.63) is 70.6 Å². The SMILES string of the molecule is CC1CCN(Cc2ccc(CNC(=O)C3CCCN(Cc4nc(-c5cccc(Cl)c5)no4)C3)cc2)CC1. The van der Waals surface area contributed by atoms with Crippen molar-refractivity contribution in [3.8, 4) is 11.4 Å². The van der Waals surface area contributed by atoms with Crippen LogP contribution in [0.3, 0.4) is 0 Å². The number of aromatic nitrogens is 2. The third-order valence-corrected chi connectivity index (χ3v) is 7.79. The van der Waals surface area contributed by atoms with Gasteiger partial charge in [-0.2, -0.15) is 4.98 Å². The maximum absolute atomic E-state index is 12.9. The zero-order valence-corrected chi connectivity index (χ0v) is 22.3. The van der Waals surface area contributed by atoms with Crippen molar-refractivity contribution in [2.24, 2.45) is 11.8 Å². The Morgan fingerprint density at radius 3 is 2.59 bits per heavy atom. The van der Waals surface area contributed by atoms with Crippen LogP contribution in [0, 0.1) is 11.8 Å². The molecule has 0 bridgehead atoms. The number of amides is 1. The second-order valence-electron chi connectivity index (χ2n) is 10.6. The maximum Gasteiger partial charge on any atom is 0.241 e. The number of hydrogen-bond donors (Lipinski definition) is 1. The summed E-state index contributed by atoms with van der Waals surface area (Å²) in [6.07, 6.45) is 4.45. The number of carbonyl (C=O) groups excluding carboxylic acids is 1. The highest BCUT2D eigenvalue weighted by atomic mass is 35.5. The lowest BCUT2D eigenvalue weighted by Crippen LogP contribution is -2.42. The van der Waals surface area contributed by atoms with Crippen LogP contribution in [0.4, 0.5) is 0 Å². The van der Waals surface area contributed by atoms with Crippen molar-refractivity contribution in [3.63, 3.8) is 0 Å². The molecule has 2 fully saturated rings. The van der Waals surface area contributed by atoms with Gasteiger partial charge in [0.1, 0.15) is 0 Å². The molecule has 0 radical (unpaired) electrons. The largest absolute Gasteiger partial charge is 0.352 e. The average molecular weight is 522 g/mol. The predicted molar refractivity (Wildman–Crippen MR) is 145 cm³/mol. The molecule has 2 saturated heterocycles. The molecule has 3 heterocycles. The molecule has 1 N–H and O–H groups in total. The van der Waals surface area contributed by atoms with Crippen LogP contribution < -0.4 is 5.32 Å². The fraction of sp³-hybridized carbons (Fsp3) is 0.483. The molecule has 3 aromatic rings. The van der Waals surface area contributed by atoms with Gasteiger partial charge in [-0.25, -0.2) is 0 Å². The Hall–Kier alpha value is -2.74. The summed E-state index contributed by atoms with van der Waals surface area (Å²) in [6, 6.07) is 16.1. The lowest BCUT2D eigenvalue weighted by atomic mass is 9.97. The van der Waals surface area contributed by atoms with E-state index < -0.39 is 0 Å². The highest BCUT2D eigenvalue weighted by Gasteiger charge is 2.27. The molecule has 1 unspecified atom stereocenters. The fourth-order valence-electron chi connectivity index (χ4n) is 5.24. The van der Waals surface area contributed by atoms with E-state index in [2.05, 4.69) is 56.4 Å². The number of likely N-dealkylation sites (tertiary alicyclic amines) is 2. The van der Waals surface area contributed by atoms with Crippen LogP contribution in [-0.4, -0.2) is 52.0 Å². The Balaban J connectivity index is 1.08.